The summed E-state index contributed by atoms with van der Waals surface area (Å²) in [6.45, 7) is 0.688. The number of nitrogens with one attached hydrogen (secondary N) is 1. The fourth-order valence-electron chi connectivity index (χ4n) is 0.726. The van der Waals surface area contributed by atoms with E-state index >= 15 is 0 Å². The molecule has 5 heteroatoms. The van der Waals surface area contributed by atoms with Crippen molar-refractivity contribution in [2.24, 2.45) is 0 Å². The molecule has 0 atom stereocenters. The third-order valence-electron chi connectivity index (χ3n) is 1.27. The van der Waals surface area contributed by atoms with E-state index in [-0.39, 0.29) is 6.61 Å². The fourth-order valence-corrected chi connectivity index (χ4v) is 0.726. The number of anilines is 1. The number of aromatic nitrogens is 2. The molecule has 0 unspecified atom stereocenters. The van der Waals surface area contributed by atoms with Crippen LogP contribution in [0.25, 0.3) is 0 Å². The quantitative estimate of drug-likeness (QED) is 0.509. The molecule has 66 valence electrons. The van der Waals surface area contributed by atoms with E-state index < -0.39 is 5.95 Å². The highest BCUT2D eigenvalue weighted by atomic mass is 19.1. The van der Waals surface area contributed by atoms with E-state index in [9.17, 15) is 4.39 Å². The summed E-state index contributed by atoms with van der Waals surface area (Å²) in [5, 5.41) is 11.3. The average Bonchev–Trinajstić information content (AvgIpc) is 2.05. The first kappa shape index (κ1) is 8.86. The Morgan fingerprint density at radius 2 is 2.33 bits per heavy atom. The zero-order valence-electron chi connectivity index (χ0n) is 6.50. The van der Waals surface area contributed by atoms with E-state index in [1.54, 1.807) is 0 Å². The first-order valence-corrected chi connectivity index (χ1v) is 3.65. The minimum Gasteiger partial charge on any atom is -0.396 e. The summed E-state index contributed by atoms with van der Waals surface area (Å²) in [5.41, 5.74) is 0. The summed E-state index contributed by atoms with van der Waals surface area (Å²) < 4.78 is 12.4. The molecular weight excluding hydrogens is 161 g/mol. The third-order valence-corrected chi connectivity index (χ3v) is 1.27. The van der Waals surface area contributed by atoms with Gasteiger partial charge in [0, 0.05) is 19.2 Å². The SMILES string of the molecule is OCCCNc1cc(F)ncn1. The van der Waals surface area contributed by atoms with E-state index in [4.69, 9.17) is 5.11 Å². The second kappa shape index (κ2) is 4.61. The summed E-state index contributed by atoms with van der Waals surface area (Å²) in [4.78, 5) is 7.07. The molecule has 0 saturated carbocycles. The van der Waals surface area contributed by atoms with Gasteiger partial charge in [0.1, 0.15) is 12.1 Å². The van der Waals surface area contributed by atoms with Crippen LogP contribution in [-0.2, 0) is 0 Å². The Balaban J connectivity index is 2.41. The summed E-state index contributed by atoms with van der Waals surface area (Å²) in [5.74, 6) is -0.118. The van der Waals surface area contributed by atoms with Crippen LogP contribution in [0.1, 0.15) is 6.42 Å². The van der Waals surface area contributed by atoms with Gasteiger partial charge in [-0.25, -0.2) is 9.97 Å². The van der Waals surface area contributed by atoms with Crippen LogP contribution in [0, 0.1) is 5.95 Å². The lowest BCUT2D eigenvalue weighted by atomic mass is 10.4. The van der Waals surface area contributed by atoms with Crippen molar-refractivity contribution in [1.29, 1.82) is 0 Å². The molecule has 0 aliphatic rings. The van der Waals surface area contributed by atoms with Gasteiger partial charge in [-0.05, 0) is 6.42 Å². The summed E-state index contributed by atoms with van der Waals surface area (Å²) in [6.07, 6.45) is 1.77. The van der Waals surface area contributed by atoms with Crippen molar-refractivity contribution in [3.05, 3.63) is 18.3 Å². The molecular formula is C7H10FN3O. The number of aliphatic hydroxyl groups is 1. The Kier molecular flexibility index (Phi) is 3.40. The molecule has 0 bridgehead atoms. The lowest BCUT2D eigenvalue weighted by molar-refractivity contribution is 0.292. The largest absolute Gasteiger partial charge is 0.396 e. The predicted octanol–water partition coefficient (Wildman–Crippen LogP) is 0.410. The van der Waals surface area contributed by atoms with Crippen molar-refractivity contribution in [3.63, 3.8) is 0 Å². The molecule has 0 fully saturated rings. The zero-order valence-corrected chi connectivity index (χ0v) is 6.50. The van der Waals surface area contributed by atoms with Gasteiger partial charge in [-0.1, -0.05) is 0 Å². The van der Waals surface area contributed by atoms with E-state index in [1.165, 1.54) is 6.07 Å². The maximum absolute atomic E-state index is 12.4. The Labute approximate surface area is 69.5 Å². The van der Waals surface area contributed by atoms with Gasteiger partial charge in [0.15, 0.2) is 0 Å². The van der Waals surface area contributed by atoms with Crippen LogP contribution < -0.4 is 5.32 Å². The normalized spacial score (nSPS) is 9.83. The first-order valence-electron chi connectivity index (χ1n) is 3.65. The van der Waals surface area contributed by atoms with Gasteiger partial charge in [-0.2, -0.15) is 4.39 Å². The Morgan fingerprint density at radius 3 is 3.00 bits per heavy atom. The van der Waals surface area contributed by atoms with Gasteiger partial charge in [-0.3, -0.25) is 0 Å². The Bertz CT molecular complexity index is 244. The van der Waals surface area contributed by atoms with Crippen molar-refractivity contribution in [1.82, 2.24) is 9.97 Å². The van der Waals surface area contributed by atoms with Crippen LogP contribution >= 0.6 is 0 Å². The molecule has 0 aliphatic carbocycles. The van der Waals surface area contributed by atoms with Crippen LogP contribution in [0.15, 0.2) is 12.4 Å². The summed E-state index contributed by atoms with van der Waals surface area (Å²) in [7, 11) is 0. The molecule has 0 radical (unpaired) electrons. The van der Waals surface area contributed by atoms with Crippen molar-refractivity contribution in [2.45, 2.75) is 6.42 Å². The van der Waals surface area contributed by atoms with E-state index in [0.29, 0.717) is 18.8 Å². The number of hydrogen-bond donors (Lipinski definition) is 2. The number of aliphatic hydroxyl groups excluding tert-OH is 1. The van der Waals surface area contributed by atoms with Crippen molar-refractivity contribution >= 4 is 5.82 Å². The van der Waals surface area contributed by atoms with Crippen LogP contribution in [0.2, 0.25) is 0 Å². The number of nitrogens with zero attached hydrogens (tertiary/aromatic N) is 2. The van der Waals surface area contributed by atoms with Crippen LogP contribution in [0.5, 0.6) is 0 Å². The molecule has 4 nitrogen and oxygen atoms in total. The number of rotatable bonds is 4. The van der Waals surface area contributed by atoms with Gasteiger partial charge >= 0.3 is 0 Å². The molecule has 1 heterocycles. The molecule has 12 heavy (non-hydrogen) atoms. The van der Waals surface area contributed by atoms with Crippen LogP contribution in [0.4, 0.5) is 10.2 Å². The molecule has 0 aliphatic heterocycles. The minimum absolute atomic E-state index is 0.112. The summed E-state index contributed by atoms with van der Waals surface area (Å²) in [6, 6.07) is 1.21. The molecule has 1 aromatic rings. The first-order chi connectivity index (χ1) is 5.83. The highest BCUT2D eigenvalue weighted by Crippen LogP contribution is 2.01. The molecule has 1 rings (SSSR count). The third kappa shape index (κ3) is 2.79. The fraction of sp³-hybridized carbons (Fsp3) is 0.429. The zero-order chi connectivity index (χ0) is 8.81. The molecule has 2 N–H and O–H groups in total. The lowest BCUT2D eigenvalue weighted by Crippen LogP contribution is -2.05. The van der Waals surface area contributed by atoms with Gasteiger partial charge in [-0.15, -0.1) is 0 Å². The van der Waals surface area contributed by atoms with E-state index in [0.717, 1.165) is 6.33 Å². The predicted molar refractivity (Wildman–Crippen MR) is 42.2 cm³/mol. The molecule has 0 aromatic carbocycles. The monoisotopic (exact) mass is 171 g/mol. The van der Waals surface area contributed by atoms with Gasteiger partial charge in [0.2, 0.25) is 5.95 Å². The topological polar surface area (TPSA) is 58.0 Å². The van der Waals surface area contributed by atoms with E-state index in [2.05, 4.69) is 15.3 Å². The second-order valence-electron chi connectivity index (χ2n) is 2.23. The molecule has 0 amide bonds. The Hall–Kier alpha value is -1.23. The van der Waals surface area contributed by atoms with Crippen LogP contribution in [0.3, 0.4) is 0 Å². The molecule has 0 spiro atoms. The van der Waals surface area contributed by atoms with Gasteiger partial charge in [0.25, 0.3) is 0 Å². The van der Waals surface area contributed by atoms with Crippen molar-refractivity contribution < 1.29 is 9.50 Å². The standard InChI is InChI=1S/C7H10FN3O/c8-6-4-7(11-5-10-6)9-2-1-3-12/h4-5,12H,1-3H2,(H,9,10,11). The highest BCUT2D eigenvalue weighted by molar-refractivity contribution is 5.31. The van der Waals surface area contributed by atoms with Gasteiger partial charge < -0.3 is 10.4 Å². The minimum atomic E-state index is -0.559. The highest BCUT2D eigenvalue weighted by Gasteiger charge is 1.95. The molecule has 1 aromatic heterocycles. The second-order valence-corrected chi connectivity index (χ2v) is 2.23. The Morgan fingerprint density at radius 1 is 1.50 bits per heavy atom. The maximum atomic E-state index is 12.4. The lowest BCUT2D eigenvalue weighted by Gasteiger charge is -2.02. The van der Waals surface area contributed by atoms with Crippen molar-refractivity contribution in [3.8, 4) is 0 Å². The van der Waals surface area contributed by atoms with Crippen molar-refractivity contribution in [2.75, 3.05) is 18.5 Å². The smallest absolute Gasteiger partial charge is 0.217 e. The van der Waals surface area contributed by atoms with Crippen LogP contribution in [-0.4, -0.2) is 28.2 Å². The maximum Gasteiger partial charge on any atom is 0.217 e. The number of hydrogen-bond acceptors (Lipinski definition) is 4. The van der Waals surface area contributed by atoms with Gasteiger partial charge in [0.05, 0.1) is 0 Å². The molecule has 0 saturated heterocycles. The number of halogens is 1. The average molecular weight is 171 g/mol. The van der Waals surface area contributed by atoms with E-state index in [1.807, 2.05) is 0 Å². The summed E-state index contributed by atoms with van der Waals surface area (Å²) >= 11 is 0.